The molecule has 0 unspecified atom stereocenters. The van der Waals surface area contributed by atoms with Crippen molar-refractivity contribution in [2.24, 2.45) is 0 Å². The maximum atomic E-state index is 12.4. The van der Waals surface area contributed by atoms with E-state index in [0.717, 1.165) is 12.8 Å². The highest BCUT2D eigenvalue weighted by molar-refractivity contribution is 7.90. The zero-order valence-electron chi connectivity index (χ0n) is 11.7. The summed E-state index contributed by atoms with van der Waals surface area (Å²) in [6.07, 6.45) is 1.73. The van der Waals surface area contributed by atoms with Crippen LogP contribution < -0.4 is 5.32 Å². The van der Waals surface area contributed by atoms with Crippen LogP contribution in [-0.4, -0.2) is 32.3 Å². The molecule has 8 heteroatoms. The van der Waals surface area contributed by atoms with Gasteiger partial charge in [0.2, 0.25) is 9.84 Å². The molecule has 1 amide bonds. The number of hydrogen-bond donors (Lipinski definition) is 1. The van der Waals surface area contributed by atoms with Crippen molar-refractivity contribution in [3.8, 4) is 0 Å². The molecule has 1 aliphatic carbocycles. The summed E-state index contributed by atoms with van der Waals surface area (Å²) >= 11 is 0. The first-order valence-electron chi connectivity index (χ1n) is 6.75. The Bertz CT molecular complexity index is 640. The summed E-state index contributed by atoms with van der Waals surface area (Å²) in [5.41, 5.74) is -0.00570. The van der Waals surface area contributed by atoms with E-state index in [9.17, 15) is 26.4 Å². The van der Waals surface area contributed by atoms with Gasteiger partial charge in [-0.2, -0.15) is 8.78 Å². The standard InChI is InChI=1S/C14H16F3NO3S/c15-8-7-14(5-6-14)18-12(19)11-3-1-10(2-4-11)9-22(20,21)13(16)17/h1-4,13H,5-9H2,(H,18,19). The van der Waals surface area contributed by atoms with Crippen LogP contribution in [0, 0.1) is 0 Å². The zero-order chi connectivity index (χ0) is 16.4. The first-order chi connectivity index (χ1) is 10.3. The molecule has 0 saturated heterocycles. The van der Waals surface area contributed by atoms with Crippen LogP contribution in [0.3, 0.4) is 0 Å². The van der Waals surface area contributed by atoms with Crippen molar-refractivity contribution >= 4 is 15.7 Å². The molecular weight excluding hydrogens is 319 g/mol. The van der Waals surface area contributed by atoms with Gasteiger partial charge in [0.05, 0.1) is 12.4 Å². The van der Waals surface area contributed by atoms with E-state index in [4.69, 9.17) is 0 Å². The Kier molecular flexibility index (Phi) is 4.79. The highest BCUT2D eigenvalue weighted by atomic mass is 32.2. The van der Waals surface area contributed by atoms with Gasteiger partial charge in [0.25, 0.3) is 5.91 Å². The van der Waals surface area contributed by atoms with Gasteiger partial charge in [-0.3, -0.25) is 9.18 Å². The Labute approximate surface area is 126 Å². The molecule has 1 aliphatic rings. The summed E-state index contributed by atoms with van der Waals surface area (Å²) in [5.74, 6) is -4.58. The third kappa shape index (κ3) is 4.00. The van der Waals surface area contributed by atoms with Gasteiger partial charge in [0, 0.05) is 11.1 Å². The average molecular weight is 335 g/mol. The number of halogens is 3. The number of carbonyl (C=O) groups is 1. The summed E-state index contributed by atoms with van der Waals surface area (Å²) < 4.78 is 59.2. The Hall–Kier alpha value is -1.57. The maximum Gasteiger partial charge on any atom is 0.337 e. The van der Waals surface area contributed by atoms with Crippen LogP contribution >= 0.6 is 0 Å². The molecule has 1 N–H and O–H groups in total. The Morgan fingerprint density at radius 1 is 1.23 bits per heavy atom. The molecule has 0 atom stereocenters. The Morgan fingerprint density at radius 2 is 1.82 bits per heavy atom. The lowest BCUT2D eigenvalue weighted by molar-refractivity contribution is 0.0927. The van der Waals surface area contributed by atoms with E-state index < -0.39 is 33.6 Å². The second-order valence-electron chi connectivity index (χ2n) is 5.44. The number of carbonyl (C=O) groups excluding carboxylic acids is 1. The third-order valence-corrected chi connectivity index (χ3v) is 4.94. The number of sulfone groups is 1. The summed E-state index contributed by atoms with van der Waals surface area (Å²) in [6, 6.07) is 5.39. The van der Waals surface area contributed by atoms with E-state index in [2.05, 4.69) is 5.32 Å². The number of nitrogens with one attached hydrogen (secondary N) is 1. The van der Waals surface area contributed by atoms with Crippen LogP contribution in [0.1, 0.15) is 35.2 Å². The monoisotopic (exact) mass is 335 g/mol. The van der Waals surface area contributed by atoms with E-state index in [1.807, 2.05) is 0 Å². The molecule has 1 saturated carbocycles. The van der Waals surface area contributed by atoms with Gasteiger partial charge in [0.15, 0.2) is 0 Å². The fourth-order valence-electron chi connectivity index (χ4n) is 2.13. The Morgan fingerprint density at radius 3 is 2.27 bits per heavy atom. The molecule has 122 valence electrons. The van der Waals surface area contributed by atoms with Crippen molar-refractivity contribution in [3.63, 3.8) is 0 Å². The second kappa shape index (κ2) is 6.28. The molecule has 0 bridgehead atoms. The predicted molar refractivity (Wildman–Crippen MR) is 75.1 cm³/mol. The third-order valence-electron chi connectivity index (χ3n) is 3.66. The summed E-state index contributed by atoms with van der Waals surface area (Å²) in [5, 5.41) is 2.75. The summed E-state index contributed by atoms with van der Waals surface area (Å²) in [7, 11) is -4.49. The molecule has 0 aromatic heterocycles. The number of benzene rings is 1. The van der Waals surface area contributed by atoms with Crippen molar-refractivity contribution in [1.82, 2.24) is 5.32 Å². The van der Waals surface area contributed by atoms with Crippen LogP contribution in [-0.2, 0) is 15.6 Å². The number of alkyl halides is 3. The van der Waals surface area contributed by atoms with Crippen molar-refractivity contribution in [2.75, 3.05) is 6.67 Å². The quantitative estimate of drug-likeness (QED) is 0.832. The van der Waals surface area contributed by atoms with E-state index in [-0.39, 0.29) is 23.5 Å². The topological polar surface area (TPSA) is 63.2 Å². The van der Waals surface area contributed by atoms with E-state index in [1.54, 1.807) is 0 Å². The highest BCUT2D eigenvalue weighted by Crippen LogP contribution is 2.38. The lowest BCUT2D eigenvalue weighted by Crippen LogP contribution is -2.37. The van der Waals surface area contributed by atoms with Crippen LogP contribution in [0.15, 0.2) is 24.3 Å². The minimum Gasteiger partial charge on any atom is -0.347 e. The fraction of sp³-hybridized carbons (Fsp3) is 0.500. The predicted octanol–water partition coefficient (Wildman–Crippen LogP) is 2.45. The number of hydrogen-bond acceptors (Lipinski definition) is 3. The largest absolute Gasteiger partial charge is 0.347 e. The summed E-state index contributed by atoms with van der Waals surface area (Å²) in [6.45, 7) is -0.509. The van der Waals surface area contributed by atoms with Gasteiger partial charge >= 0.3 is 5.76 Å². The van der Waals surface area contributed by atoms with Crippen LogP contribution in [0.5, 0.6) is 0 Å². The molecule has 0 heterocycles. The minimum absolute atomic E-state index is 0.182. The molecule has 1 aromatic rings. The van der Waals surface area contributed by atoms with E-state index in [1.165, 1.54) is 24.3 Å². The smallest absolute Gasteiger partial charge is 0.337 e. The van der Waals surface area contributed by atoms with Crippen molar-refractivity contribution in [1.29, 1.82) is 0 Å². The molecule has 0 aliphatic heterocycles. The molecule has 2 rings (SSSR count). The van der Waals surface area contributed by atoms with Gasteiger partial charge in [0.1, 0.15) is 0 Å². The van der Waals surface area contributed by atoms with Gasteiger partial charge in [-0.15, -0.1) is 0 Å². The molecule has 4 nitrogen and oxygen atoms in total. The maximum absolute atomic E-state index is 12.4. The van der Waals surface area contributed by atoms with Crippen LogP contribution in [0.25, 0.3) is 0 Å². The second-order valence-corrected chi connectivity index (χ2v) is 7.41. The van der Waals surface area contributed by atoms with Crippen LogP contribution in [0.2, 0.25) is 0 Å². The lowest BCUT2D eigenvalue weighted by atomic mass is 10.1. The molecule has 1 aromatic carbocycles. The van der Waals surface area contributed by atoms with Crippen LogP contribution in [0.4, 0.5) is 13.2 Å². The van der Waals surface area contributed by atoms with E-state index in [0.29, 0.717) is 0 Å². The molecular formula is C14H16F3NO3S. The van der Waals surface area contributed by atoms with Crippen molar-refractivity contribution < 1.29 is 26.4 Å². The SMILES string of the molecule is O=C(NC1(CCF)CC1)c1ccc(CS(=O)(=O)C(F)F)cc1. The Balaban J connectivity index is 2.01. The average Bonchev–Trinajstić information content (AvgIpc) is 3.18. The normalized spacial score (nSPS) is 16.5. The summed E-state index contributed by atoms with van der Waals surface area (Å²) in [4.78, 5) is 12.0. The molecule has 1 fully saturated rings. The van der Waals surface area contributed by atoms with Gasteiger partial charge in [-0.25, -0.2) is 8.42 Å². The first-order valence-corrected chi connectivity index (χ1v) is 8.47. The van der Waals surface area contributed by atoms with Gasteiger partial charge in [-0.1, -0.05) is 12.1 Å². The lowest BCUT2D eigenvalue weighted by Gasteiger charge is -2.15. The number of rotatable bonds is 7. The first kappa shape index (κ1) is 16.8. The minimum atomic E-state index is -4.49. The van der Waals surface area contributed by atoms with Gasteiger partial charge in [-0.05, 0) is 37.0 Å². The van der Waals surface area contributed by atoms with Crippen molar-refractivity contribution in [2.45, 2.75) is 36.3 Å². The number of amides is 1. The highest BCUT2D eigenvalue weighted by Gasteiger charge is 2.43. The molecule has 0 radical (unpaired) electrons. The fourth-order valence-corrected chi connectivity index (χ4v) is 2.91. The molecule has 0 spiro atoms. The van der Waals surface area contributed by atoms with Crippen molar-refractivity contribution in [3.05, 3.63) is 35.4 Å². The molecule has 22 heavy (non-hydrogen) atoms. The zero-order valence-corrected chi connectivity index (χ0v) is 12.5. The van der Waals surface area contributed by atoms with E-state index >= 15 is 0 Å². The van der Waals surface area contributed by atoms with Gasteiger partial charge < -0.3 is 5.32 Å².